The van der Waals surface area contributed by atoms with E-state index < -0.39 is 0 Å². The van der Waals surface area contributed by atoms with Crippen molar-refractivity contribution in [1.82, 2.24) is 0 Å². The molecule has 2 aromatic carbocycles. The number of fused-ring (bicyclic) bond motifs is 7. The van der Waals surface area contributed by atoms with Gasteiger partial charge in [0.15, 0.2) is 0 Å². The minimum absolute atomic E-state index is 0. The van der Waals surface area contributed by atoms with Crippen molar-refractivity contribution >= 4 is 27.0 Å². The Morgan fingerprint density at radius 2 is 1.59 bits per heavy atom. The Balaban J connectivity index is 0.000000400. The fourth-order valence-electron chi connectivity index (χ4n) is 5.99. The van der Waals surface area contributed by atoms with Crippen LogP contribution in [-0.4, -0.2) is 4.21 Å². The number of hydrogen-bond donors (Lipinski definition) is 0. The van der Waals surface area contributed by atoms with Crippen molar-refractivity contribution < 1.29 is 49.0 Å². The molecule has 0 bridgehead atoms. The van der Waals surface area contributed by atoms with Crippen molar-refractivity contribution in [1.29, 1.82) is 0 Å². The smallest absolute Gasteiger partial charge is 0.172 e. The second-order valence-corrected chi connectivity index (χ2v) is 10.6. The molecule has 0 unspecified atom stereocenters. The average molecular weight is 569 g/mol. The number of halogens is 2. The number of allylic oxidation sites excluding steroid dienone is 6. The molecule has 0 spiro atoms. The molecule has 0 fully saturated rings. The summed E-state index contributed by atoms with van der Waals surface area (Å²) in [7, 11) is 0. The molecule has 0 heterocycles. The third-order valence-electron chi connectivity index (χ3n) is 7.13. The van der Waals surface area contributed by atoms with Gasteiger partial charge >= 0.3 is 28.4 Å². The zero-order valence-corrected chi connectivity index (χ0v) is 25.1. The molecule has 4 aliphatic carbocycles. The first-order valence-electron chi connectivity index (χ1n) is 11.6. The van der Waals surface area contributed by atoms with E-state index in [1.165, 1.54) is 51.4 Å². The molecule has 0 N–H and O–H groups in total. The predicted molar refractivity (Wildman–Crippen MR) is 138 cm³/mol. The second-order valence-electron chi connectivity index (χ2n) is 10.6. The molecular formula is C31H34Cl2Zr-2. The SMILES string of the molecule is CC1=CC=c2c1c1c(c3c2=C(C)[CH-]C3(C)C)CC2=C1CC(C)(C)C=C2.[CH2]=[Zr+2].[Cl-].[Cl-].c1cc[cH-]c1. The van der Waals surface area contributed by atoms with Gasteiger partial charge in [0.25, 0.3) is 0 Å². The Morgan fingerprint density at radius 3 is 2.18 bits per heavy atom. The largest absolute Gasteiger partial charge is 1.00 e. The van der Waals surface area contributed by atoms with Crippen LogP contribution in [0.25, 0.3) is 22.8 Å². The molecule has 178 valence electrons. The van der Waals surface area contributed by atoms with Crippen LogP contribution < -0.4 is 35.3 Å². The Hall–Kier alpha value is -1.27. The van der Waals surface area contributed by atoms with E-state index in [0.29, 0.717) is 0 Å². The zero-order valence-electron chi connectivity index (χ0n) is 21.2. The van der Waals surface area contributed by atoms with Crippen LogP contribution >= 0.6 is 0 Å². The van der Waals surface area contributed by atoms with Crippen LogP contribution in [0.4, 0.5) is 0 Å². The second kappa shape index (κ2) is 10.8. The third kappa shape index (κ3) is 4.86. The van der Waals surface area contributed by atoms with Gasteiger partial charge in [-0.25, -0.2) is 24.1 Å². The van der Waals surface area contributed by atoms with Crippen LogP contribution in [0.2, 0.25) is 0 Å². The zero-order chi connectivity index (χ0) is 23.3. The standard InChI is InChI=1S/C25H27.C5H5.CH2.2ClH.Zr/c1-14-7-8-17-20(14)22-18(23-21(17)15(2)12-25(23,5)6)11-16-9-10-24(3,4)13-19(16)22;1-2-4-5-3-1;;;;/h7-10,12H,11,13H2,1-6H3;1-5H;1H2;2*1H;/q2*-1;;;;+2/p-2. The maximum atomic E-state index is 3.34. The van der Waals surface area contributed by atoms with E-state index in [-0.39, 0.29) is 35.6 Å². The molecule has 0 aromatic heterocycles. The van der Waals surface area contributed by atoms with Crippen LogP contribution in [0.3, 0.4) is 0 Å². The van der Waals surface area contributed by atoms with E-state index in [4.69, 9.17) is 0 Å². The predicted octanol–water partition coefficient (Wildman–Crippen LogP) is 0.225. The summed E-state index contributed by atoms with van der Waals surface area (Å²) >= 11 is 1.30. The molecule has 0 amide bonds. The summed E-state index contributed by atoms with van der Waals surface area (Å²) in [5, 5.41) is 3.00. The molecule has 6 rings (SSSR count). The minimum atomic E-state index is 0. The van der Waals surface area contributed by atoms with E-state index in [2.05, 4.69) is 76.5 Å². The topological polar surface area (TPSA) is 0 Å². The van der Waals surface area contributed by atoms with E-state index in [0.717, 1.165) is 12.8 Å². The van der Waals surface area contributed by atoms with Crippen LogP contribution in [0.15, 0.2) is 54.1 Å². The normalized spacial score (nSPS) is 18.7. The fourth-order valence-corrected chi connectivity index (χ4v) is 5.99. The number of hydrogen-bond acceptors (Lipinski definition) is 0. The summed E-state index contributed by atoms with van der Waals surface area (Å²) in [6, 6.07) is 10.0. The van der Waals surface area contributed by atoms with E-state index in [1.807, 2.05) is 30.3 Å². The molecular weight excluding hydrogens is 534 g/mol. The van der Waals surface area contributed by atoms with E-state index in [9.17, 15) is 0 Å². The average Bonchev–Trinajstić information content (AvgIpc) is 3.51. The maximum absolute atomic E-state index is 3.34. The summed E-state index contributed by atoms with van der Waals surface area (Å²) in [6.07, 6.45) is 14.3. The van der Waals surface area contributed by atoms with Gasteiger partial charge in [-0.1, -0.05) is 75.1 Å². The first-order valence-corrected chi connectivity index (χ1v) is 13.3. The summed E-state index contributed by atoms with van der Waals surface area (Å²) < 4.78 is 3.34. The van der Waals surface area contributed by atoms with Gasteiger partial charge in [0.05, 0.1) is 0 Å². The monoisotopic (exact) mass is 566 g/mol. The molecule has 0 aliphatic heterocycles. The maximum Gasteiger partial charge on any atom is -0.172 e. The van der Waals surface area contributed by atoms with Gasteiger partial charge in [-0.05, 0) is 53.0 Å². The van der Waals surface area contributed by atoms with E-state index >= 15 is 0 Å². The summed E-state index contributed by atoms with van der Waals surface area (Å²) in [5.74, 6) is 0. The van der Waals surface area contributed by atoms with Crippen molar-refractivity contribution in [3.63, 3.8) is 0 Å². The molecule has 2 aromatic rings. The van der Waals surface area contributed by atoms with Crippen LogP contribution in [0.1, 0.15) is 70.2 Å². The molecule has 0 saturated heterocycles. The van der Waals surface area contributed by atoms with Gasteiger partial charge in [-0.15, -0.1) is 5.56 Å². The van der Waals surface area contributed by atoms with Gasteiger partial charge < -0.3 is 24.8 Å². The molecule has 0 radical (unpaired) electrons. The number of benzene rings is 1. The van der Waals surface area contributed by atoms with Crippen molar-refractivity contribution in [3.8, 4) is 0 Å². The van der Waals surface area contributed by atoms with Crippen molar-refractivity contribution in [3.05, 3.63) is 93.2 Å². The quantitative estimate of drug-likeness (QED) is 0.400. The van der Waals surface area contributed by atoms with Crippen molar-refractivity contribution in [2.45, 2.75) is 59.8 Å². The summed E-state index contributed by atoms with van der Waals surface area (Å²) in [4.78, 5) is 0. The van der Waals surface area contributed by atoms with E-state index in [1.54, 1.807) is 27.8 Å². The Labute approximate surface area is 233 Å². The van der Waals surface area contributed by atoms with Gasteiger partial charge in [0, 0.05) is 0 Å². The van der Waals surface area contributed by atoms with Gasteiger partial charge in [0.1, 0.15) is 0 Å². The Kier molecular flexibility index (Phi) is 9.18. The van der Waals surface area contributed by atoms with Crippen LogP contribution in [0.5, 0.6) is 0 Å². The molecule has 3 heteroatoms. The molecule has 0 atom stereocenters. The van der Waals surface area contributed by atoms with Crippen LogP contribution in [-0.2, 0) is 36.1 Å². The molecule has 34 heavy (non-hydrogen) atoms. The van der Waals surface area contributed by atoms with Gasteiger partial charge in [-0.2, -0.15) is 23.4 Å². The first kappa shape index (κ1) is 29.0. The molecule has 0 saturated carbocycles. The Morgan fingerprint density at radius 1 is 0.941 bits per heavy atom. The first-order chi connectivity index (χ1) is 15.2. The van der Waals surface area contributed by atoms with Crippen molar-refractivity contribution in [2.24, 2.45) is 5.41 Å². The van der Waals surface area contributed by atoms with Crippen LogP contribution in [0, 0.1) is 11.8 Å². The van der Waals surface area contributed by atoms with Gasteiger partial charge in [-0.3, -0.25) is 0 Å². The summed E-state index contributed by atoms with van der Waals surface area (Å²) in [5.41, 5.74) is 12.8. The molecule has 4 aliphatic rings. The summed E-state index contributed by atoms with van der Waals surface area (Å²) in [6.45, 7) is 14.1. The Bertz CT molecular complexity index is 1260. The fraction of sp³-hybridized carbons (Fsp3) is 0.323. The molecule has 0 nitrogen and oxygen atoms in total. The third-order valence-corrected chi connectivity index (χ3v) is 7.13. The van der Waals surface area contributed by atoms with Crippen molar-refractivity contribution in [2.75, 3.05) is 0 Å². The number of rotatable bonds is 0. The van der Waals surface area contributed by atoms with Gasteiger partial charge in [0.2, 0.25) is 0 Å². The minimum Gasteiger partial charge on any atom is -1.00 e.